The van der Waals surface area contributed by atoms with Gasteiger partial charge in [0, 0.05) is 31.1 Å². The highest BCUT2D eigenvalue weighted by Crippen LogP contribution is 2.40. The smallest absolute Gasteiger partial charge is 0.385 e. The number of halogens is 3. The predicted octanol–water partition coefficient (Wildman–Crippen LogP) is 3.08. The first kappa shape index (κ1) is 27.1. The second kappa shape index (κ2) is 10.4. The maximum Gasteiger partial charge on any atom is 0.416 e. The summed E-state index contributed by atoms with van der Waals surface area (Å²) in [5.74, 6) is -1.45. The van der Waals surface area contributed by atoms with Gasteiger partial charge in [-0.2, -0.15) is 13.2 Å². The van der Waals surface area contributed by atoms with Crippen LogP contribution in [0.15, 0.2) is 48.5 Å². The Morgan fingerprint density at radius 3 is 2.38 bits per heavy atom. The largest absolute Gasteiger partial charge is 0.416 e. The number of β-amino-alcohol motifs (C(OH)–C–C–N with tert-alkyl or cyclic N) is 1. The minimum absolute atomic E-state index is 0.164. The van der Waals surface area contributed by atoms with Crippen molar-refractivity contribution >= 4 is 11.8 Å². The Hall–Kier alpha value is -2.95. The van der Waals surface area contributed by atoms with Crippen LogP contribution in [-0.2, 0) is 16.6 Å². The van der Waals surface area contributed by atoms with Crippen molar-refractivity contribution in [1.82, 2.24) is 15.5 Å². The van der Waals surface area contributed by atoms with Crippen molar-refractivity contribution in [2.75, 3.05) is 19.6 Å². The lowest BCUT2D eigenvalue weighted by Gasteiger charge is -2.40. The fraction of sp³-hybridized carbons (Fsp3) is 0.481. The molecule has 1 aliphatic heterocycles. The number of carbonyl (C=O) groups excluding carboxylic acids is 2. The molecule has 2 amide bonds. The maximum absolute atomic E-state index is 12.9. The Kier molecular flexibility index (Phi) is 7.64. The van der Waals surface area contributed by atoms with Gasteiger partial charge in [0.25, 0.3) is 5.91 Å². The van der Waals surface area contributed by atoms with E-state index in [2.05, 4.69) is 15.5 Å². The Morgan fingerprint density at radius 1 is 1.05 bits per heavy atom. The predicted molar refractivity (Wildman–Crippen MR) is 130 cm³/mol. The SMILES string of the molecule is Cc1ccc(C2(O)CCC(N3CC[C@@](O)(NC(=O)CNC(=O)c4cccc(C(F)(F)F)c4)C3)CC2)cc1. The number of nitrogens with one attached hydrogen (secondary N) is 2. The van der Waals surface area contributed by atoms with Crippen LogP contribution in [0.4, 0.5) is 13.2 Å². The van der Waals surface area contributed by atoms with E-state index in [1.54, 1.807) is 0 Å². The second-order valence-corrected chi connectivity index (χ2v) is 10.2. The molecular formula is C27H32F3N3O4. The molecule has 1 saturated carbocycles. The monoisotopic (exact) mass is 519 g/mol. The van der Waals surface area contributed by atoms with Gasteiger partial charge in [-0.1, -0.05) is 35.9 Å². The summed E-state index contributed by atoms with van der Waals surface area (Å²) in [6.45, 7) is 2.31. The first-order valence-electron chi connectivity index (χ1n) is 12.4. The second-order valence-electron chi connectivity index (χ2n) is 10.2. The van der Waals surface area contributed by atoms with Crippen LogP contribution in [0.5, 0.6) is 0 Å². The highest BCUT2D eigenvalue weighted by molar-refractivity contribution is 5.96. The van der Waals surface area contributed by atoms with Crippen LogP contribution in [0.1, 0.15) is 59.2 Å². The number of aliphatic hydroxyl groups is 2. The van der Waals surface area contributed by atoms with E-state index in [0.29, 0.717) is 25.8 Å². The molecule has 1 heterocycles. The molecule has 37 heavy (non-hydrogen) atoms. The minimum atomic E-state index is -4.58. The molecule has 4 rings (SSSR count). The molecule has 200 valence electrons. The van der Waals surface area contributed by atoms with E-state index in [4.69, 9.17) is 0 Å². The molecule has 2 aromatic carbocycles. The van der Waals surface area contributed by atoms with Gasteiger partial charge in [0.05, 0.1) is 17.7 Å². The van der Waals surface area contributed by atoms with Crippen LogP contribution in [-0.4, -0.2) is 58.3 Å². The first-order chi connectivity index (χ1) is 17.4. The molecular weight excluding hydrogens is 487 g/mol. The average molecular weight is 520 g/mol. The van der Waals surface area contributed by atoms with Crippen LogP contribution in [0.3, 0.4) is 0 Å². The van der Waals surface area contributed by atoms with E-state index >= 15 is 0 Å². The number of carbonyl (C=O) groups is 2. The Bertz CT molecular complexity index is 1130. The number of likely N-dealkylation sites (tertiary alicyclic amines) is 1. The number of amides is 2. The standard InChI is InChI=1S/C27H32F3N3O4/c1-18-5-7-20(8-6-18)25(36)11-9-22(10-12-25)33-14-13-26(37,17-33)32-23(34)16-31-24(35)19-3-2-4-21(15-19)27(28,29)30/h2-8,15,22,36-37H,9-14,16-17H2,1H3,(H,31,35)(H,32,34)/t22?,25?,26-/m0/s1. The van der Waals surface area contributed by atoms with Gasteiger partial charge in [0.2, 0.25) is 5.91 Å². The molecule has 0 aromatic heterocycles. The summed E-state index contributed by atoms with van der Waals surface area (Å²) in [5, 5.41) is 26.9. The summed E-state index contributed by atoms with van der Waals surface area (Å²) in [7, 11) is 0. The number of alkyl halides is 3. The average Bonchev–Trinajstić information content (AvgIpc) is 3.24. The van der Waals surface area contributed by atoms with Crippen LogP contribution in [0.25, 0.3) is 0 Å². The number of aryl methyl sites for hydroxylation is 1. The number of rotatable bonds is 6. The van der Waals surface area contributed by atoms with E-state index in [-0.39, 0.29) is 18.2 Å². The molecule has 2 aromatic rings. The van der Waals surface area contributed by atoms with E-state index < -0.39 is 41.4 Å². The molecule has 7 nitrogen and oxygen atoms in total. The third-order valence-corrected chi connectivity index (χ3v) is 7.40. The third-order valence-electron chi connectivity index (χ3n) is 7.40. The third kappa shape index (κ3) is 6.49. The number of nitrogens with zero attached hydrogens (tertiary/aromatic N) is 1. The quantitative estimate of drug-likeness (QED) is 0.440. The van der Waals surface area contributed by atoms with Gasteiger partial charge in [-0.25, -0.2) is 0 Å². The number of hydrogen-bond donors (Lipinski definition) is 4. The van der Waals surface area contributed by atoms with Gasteiger partial charge in [0.1, 0.15) is 0 Å². The molecule has 1 aliphatic carbocycles. The van der Waals surface area contributed by atoms with Gasteiger partial charge in [-0.15, -0.1) is 0 Å². The zero-order chi connectivity index (χ0) is 26.8. The van der Waals surface area contributed by atoms with E-state index in [1.165, 1.54) is 6.07 Å². The molecule has 2 aliphatic rings. The normalized spacial score (nSPS) is 26.6. The zero-order valence-electron chi connectivity index (χ0n) is 20.6. The highest BCUT2D eigenvalue weighted by atomic mass is 19.4. The maximum atomic E-state index is 12.9. The molecule has 0 radical (unpaired) electrons. The number of hydrogen-bond acceptors (Lipinski definition) is 5. The van der Waals surface area contributed by atoms with Crippen LogP contribution < -0.4 is 10.6 Å². The lowest BCUT2D eigenvalue weighted by Crippen LogP contribution is -2.54. The van der Waals surface area contributed by atoms with Crippen LogP contribution in [0, 0.1) is 6.92 Å². The summed E-state index contributed by atoms with van der Waals surface area (Å²) in [5.41, 5.74) is -1.46. The van der Waals surface area contributed by atoms with Crippen molar-refractivity contribution in [3.8, 4) is 0 Å². The van der Waals surface area contributed by atoms with E-state index in [9.17, 15) is 33.0 Å². The van der Waals surface area contributed by atoms with Gasteiger partial charge in [-0.05, 0) is 56.4 Å². The lowest BCUT2D eigenvalue weighted by molar-refractivity contribution is -0.137. The van der Waals surface area contributed by atoms with Gasteiger partial charge in [0.15, 0.2) is 5.72 Å². The fourth-order valence-corrected chi connectivity index (χ4v) is 5.24. The molecule has 2 fully saturated rings. The highest BCUT2D eigenvalue weighted by Gasteiger charge is 2.43. The molecule has 0 unspecified atom stereocenters. The molecule has 1 saturated heterocycles. The van der Waals surface area contributed by atoms with E-state index in [1.807, 2.05) is 31.2 Å². The van der Waals surface area contributed by atoms with Crippen molar-refractivity contribution < 1.29 is 33.0 Å². The summed E-state index contributed by atoms with van der Waals surface area (Å²) < 4.78 is 38.6. The summed E-state index contributed by atoms with van der Waals surface area (Å²) in [6, 6.07) is 12.0. The zero-order valence-corrected chi connectivity index (χ0v) is 20.6. The molecule has 0 spiro atoms. The van der Waals surface area contributed by atoms with Crippen molar-refractivity contribution in [1.29, 1.82) is 0 Å². The number of benzene rings is 2. The summed E-state index contributed by atoms with van der Waals surface area (Å²) in [4.78, 5) is 26.7. The fourth-order valence-electron chi connectivity index (χ4n) is 5.24. The Balaban J connectivity index is 1.25. The molecule has 4 N–H and O–H groups in total. The van der Waals surface area contributed by atoms with Crippen molar-refractivity contribution in [2.24, 2.45) is 0 Å². The first-order valence-corrected chi connectivity index (χ1v) is 12.4. The van der Waals surface area contributed by atoms with Crippen molar-refractivity contribution in [3.05, 3.63) is 70.8 Å². The summed E-state index contributed by atoms with van der Waals surface area (Å²) >= 11 is 0. The topological polar surface area (TPSA) is 102 Å². The molecule has 0 bridgehead atoms. The van der Waals surface area contributed by atoms with Crippen LogP contribution in [0.2, 0.25) is 0 Å². The Labute approximate surface area is 213 Å². The molecule has 10 heteroatoms. The van der Waals surface area contributed by atoms with Crippen LogP contribution >= 0.6 is 0 Å². The molecule has 1 atom stereocenters. The minimum Gasteiger partial charge on any atom is -0.385 e. The van der Waals surface area contributed by atoms with Crippen molar-refractivity contribution in [2.45, 2.75) is 62.6 Å². The van der Waals surface area contributed by atoms with Gasteiger partial charge >= 0.3 is 6.18 Å². The van der Waals surface area contributed by atoms with Crippen molar-refractivity contribution in [3.63, 3.8) is 0 Å². The van der Waals surface area contributed by atoms with E-state index in [0.717, 1.165) is 42.2 Å². The Morgan fingerprint density at radius 2 is 1.73 bits per heavy atom. The lowest BCUT2D eigenvalue weighted by atomic mass is 9.77. The summed E-state index contributed by atoms with van der Waals surface area (Å²) in [6.07, 6.45) is -1.57. The van der Waals surface area contributed by atoms with Gasteiger partial charge < -0.3 is 20.8 Å². The van der Waals surface area contributed by atoms with Gasteiger partial charge in [-0.3, -0.25) is 14.5 Å².